The van der Waals surface area contributed by atoms with E-state index in [0.29, 0.717) is 0 Å². The van der Waals surface area contributed by atoms with Gasteiger partial charge in [0.15, 0.2) is 0 Å². The quantitative estimate of drug-likeness (QED) is 0.228. The Morgan fingerprint density at radius 1 is 0.550 bits per heavy atom. The largest absolute Gasteiger partial charge is 0.344 e. The van der Waals surface area contributed by atoms with Gasteiger partial charge in [0, 0.05) is 39.8 Å². The zero-order valence-electron chi connectivity index (χ0n) is 23.0. The molecule has 0 fully saturated rings. The maximum Gasteiger partial charge on any atom is 0.0562 e. The summed E-state index contributed by atoms with van der Waals surface area (Å²) in [6.45, 7) is 4.74. The monoisotopic (exact) mass is 514 g/mol. The van der Waals surface area contributed by atoms with Crippen molar-refractivity contribution in [1.82, 2.24) is 4.57 Å². The molecule has 0 bridgehead atoms. The van der Waals surface area contributed by atoms with Gasteiger partial charge in [-0.25, -0.2) is 0 Å². The smallest absolute Gasteiger partial charge is 0.0562 e. The van der Waals surface area contributed by atoms with Crippen LogP contribution >= 0.6 is 0 Å². The van der Waals surface area contributed by atoms with Crippen LogP contribution in [0.2, 0.25) is 0 Å². The van der Waals surface area contributed by atoms with Crippen LogP contribution in [-0.2, 0) is 12.5 Å². The van der Waals surface area contributed by atoms with Crippen molar-refractivity contribution in [3.63, 3.8) is 0 Å². The molecule has 2 heteroatoms. The second-order valence-corrected chi connectivity index (χ2v) is 11.5. The minimum atomic E-state index is -0.0987. The van der Waals surface area contributed by atoms with E-state index in [1.807, 2.05) is 0 Å². The van der Waals surface area contributed by atoms with E-state index in [2.05, 4.69) is 158 Å². The number of fused-ring (bicyclic) bond motifs is 8. The third-order valence-electron chi connectivity index (χ3n) is 8.98. The van der Waals surface area contributed by atoms with E-state index in [9.17, 15) is 0 Å². The minimum absolute atomic E-state index is 0.0987. The zero-order valence-corrected chi connectivity index (χ0v) is 23.0. The highest BCUT2D eigenvalue weighted by Gasteiger charge is 2.37. The van der Waals surface area contributed by atoms with Gasteiger partial charge in [-0.2, -0.15) is 0 Å². The fourth-order valence-corrected chi connectivity index (χ4v) is 7.08. The summed E-state index contributed by atoms with van der Waals surface area (Å²) in [6, 6.07) is 46.7. The van der Waals surface area contributed by atoms with E-state index in [1.165, 1.54) is 66.2 Å². The predicted octanol–water partition coefficient (Wildman–Crippen LogP) is 10.3. The van der Waals surface area contributed by atoms with Crippen LogP contribution in [0, 0.1) is 0 Å². The van der Waals surface area contributed by atoms with Crippen LogP contribution in [0.15, 0.2) is 127 Å². The molecule has 7 aromatic rings. The molecule has 6 aromatic carbocycles. The second kappa shape index (κ2) is 8.34. The van der Waals surface area contributed by atoms with Crippen LogP contribution < -0.4 is 4.90 Å². The lowest BCUT2D eigenvalue weighted by molar-refractivity contribution is 0.661. The van der Waals surface area contributed by atoms with Crippen molar-refractivity contribution in [2.75, 3.05) is 4.90 Å². The van der Waals surface area contributed by atoms with Gasteiger partial charge in [0.25, 0.3) is 0 Å². The molecule has 0 N–H and O–H groups in total. The fraction of sp³-hybridized carbons (Fsp3) is 0.105. The standard InChI is InChI=1S/C38H30N2/c1-38(2)30-20-11-9-18-28(30)36-27-17-8-7-16-26(27)35(24-31(36)38)40(25-14-5-4-6-15-25)34-23-13-22-33-37(34)29-19-10-12-21-32(29)39(33)3/h4-24H,1-3H3. The van der Waals surface area contributed by atoms with E-state index < -0.39 is 0 Å². The van der Waals surface area contributed by atoms with Gasteiger partial charge in [0.2, 0.25) is 0 Å². The third kappa shape index (κ3) is 3.05. The Labute approximate surface area is 234 Å². The third-order valence-corrected chi connectivity index (χ3v) is 8.98. The van der Waals surface area contributed by atoms with Gasteiger partial charge in [-0.15, -0.1) is 0 Å². The Kier molecular flexibility index (Phi) is 4.82. The number of rotatable bonds is 3. The topological polar surface area (TPSA) is 8.17 Å². The Morgan fingerprint density at radius 2 is 1.20 bits per heavy atom. The molecule has 192 valence electrons. The molecule has 0 saturated carbocycles. The fourth-order valence-electron chi connectivity index (χ4n) is 7.08. The number of aromatic nitrogens is 1. The van der Waals surface area contributed by atoms with Crippen LogP contribution in [-0.4, -0.2) is 4.57 Å². The lowest BCUT2D eigenvalue weighted by Gasteiger charge is -2.30. The molecule has 0 spiro atoms. The van der Waals surface area contributed by atoms with Gasteiger partial charge in [0.05, 0.1) is 16.9 Å². The number of nitrogens with zero attached hydrogens (tertiary/aromatic N) is 2. The molecule has 8 rings (SSSR count). The van der Waals surface area contributed by atoms with Crippen LogP contribution in [0.5, 0.6) is 0 Å². The molecule has 40 heavy (non-hydrogen) atoms. The first-order valence-electron chi connectivity index (χ1n) is 14.0. The summed E-state index contributed by atoms with van der Waals surface area (Å²) in [5.41, 5.74) is 11.4. The molecular weight excluding hydrogens is 484 g/mol. The Bertz CT molecular complexity index is 2100. The average molecular weight is 515 g/mol. The van der Waals surface area contributed by atoms with Crippen LogP contribution in [0.3, 0.4) is 0 Å². The van der Waals surface area contributed by atoms with Crippen molar-refractivity contribution in [2.45, 2.75) is 19.3 Å². The molecule has 0 unspecified atom stereocenters. The summed E-state index contributed by atoms with van der Waals surface area (Å²) in [7, 11) is 2.17. The molecule has 1 heterocycles. The van der Waals surface area contributed by atoms with Gasteiger partial charge in [0.1, 0.15) is 0 Å². The number of benzene rings is 6. The normalized spacial score (nSPS) is 13.6. The molecule has 1 aliphatic rings. The number of anilines is 3. The van der Waals surface area contributed by atoms with Gasteiger partial charge in [-0.1, -0.05) is 105 Å². The summed E-state index contributed by atoms with van der Waals surface area (Å²) >= 11 is 0. The highest BCUT2D eigenvalue weighted by Crippen LogP contribution is 2.55. The average Bonchev–Trinajstić information content (AvgIpc) is 3.42. The van der Waals surface area contributed by atoms with E-state index in [4.69, 9.17) is 0 Å². The maximum absolute atomic E-state index is 2.48. The predicted molar refractivity (Wildman–Crippen MR) is 170 cm³/mol. The number of hydrogen-bond donors (Lipinski definition) is 0. The van der Waals surface area contributed by atoms with Gasteiger partial charge in [-0.3, -0.25) is 0 Å². The van der Waals surface area contributed by atoms with Crippen molar-refractivity contribution in [3.8, 4) is 11.1 Å². The highest BCUT2D eigenvalue weighted by atomic mass is 15.1. The van der Waals surface area contributed by atoms with Crippen LogP contribution in [0.1, 0.15) is 25.0 Å². The number of hydrogen-bond acceptors (Lipinski definition) is 1. The SMILES string of the molecule is Cn1c2ccccc2c2c(N(c3ccccc3)c3cc4c(c5ccccc35)-c3ccccc3C4(C)C)cccc21. The lowest BCUT2D eigenvalue weighted by atomic mass is 9.81. The van der Waals surface area contributed by atoms with Gasteiger partial charge in [-0.05, 0) is 64.0 Å². The molecule has 1 aromatic heterocycles. The highest BCUT2D eigenvalue weighted by molar-refractivity contribution is 6.17. The van der Waals surface area contributed by atoms with Crippen molar-refractivity contribution >= 4 is 49.6 Å². The molecular formula is C38H30N2. The maximum atomic E-state index is 2.48. The molecule has 2 nitrogen and oxygen atoms in total. The van der Waals surface area contributed by atoms with Crippen molar-refractivity contribution in [3.05, 3.63) is 139 Å². The van der Waals surface area contributed by atoms with Crippen LogP contribution in [0.25, 0.3) is 43.7 Å². The molecule has 0 amide bonds. The zero-order chi connectivity index (χ0) is 27.0. The summed E-state index contributed by atoms with van der Waals surface area (Å²) in [6.07, 6.45) is 0. The molecule has 1 aliphatic carbocycles. The molecule has 0 atom stereocenters. The van der Waals surface area contributed by atoms with E-state index in [1.54, 1.807) is 0 Å². The lowest BCUT2D eigenvalue weighted by Crippen LogP contribution is -2.17. The number of aryl methyl sites for hydroxylation is 1. The Hall–Kier alpha value is -4.82. The second-order valence-electron chi connectivity index (χ2n) is 11.5. The molecule has 0 aliphatic heterocycles. The van der Waals surface area contributed by atoms with Crippen molar-refractivity contribution in [2.24, 2.45) is 7.05 Å². The van der Waals surface area contributed by atoms with E-state index >= 15 is 0 Å². The van der Waals surface area contributed by atoms with Gasteiger partial charge >= 0.3 is 0 Å². The number of para-hydroxylation sites is 2. The van der Waals surface area contributed by atoms with Crippen molar-refractivity contribution in [1.29, 1.82) is 0 Å². The first-order valence-corrected chi connectivity index (χ1v) is 14.0. The summed E-state index contributed by atoms with van der Waals surface area (Å²) in [5, 5.41) is 5.11. The van der Waals surface area contributed by atoms with E-state index in [-0.39, 0.29) is 5.41 Å². The first kappa shape index (κ1) is 23.1. The Morgan fingerprint density at radius 3 is 2.02 bits per heavy atom. The summed E-state index contributed by atoms with van der Waals surface area (Å²) in [5.74, 6) is 0. The Balaban J connectivity index is 1.52. The van der Waals surface area contributed by atoms with E-state index in [0.717, 1.165) is 5.69 Å². The summed E-state index contributed by atoms with van der Waals surface area (Å²) < 4.78 is 2.32. The first-order chi connectivity index (χ1) is 19.6. The summed E-state index contributed by atoms with van der Waals surface area (Å²) in [4.78, 5) is 2.48. The van der Waals surface area contributed by atoms with Crippen molar-refractivity contribution < 1.29 is 0 Å². The minimum Gasteiger partial charge on any atom is -0.344 e. The van der Waals surface area contributed by atoms with Gasteiger partial charge < -0.3 is 9.47 Å². The molecule has 0 radical (unpaired) electrons. The van der Waals surface area contributed by atoms with Crippen LogP contribution in [0.4, 0.5) is 17.1 Å². The molecule has 0 saturated heterocycles.